The lowest BCUT2D eigenvalue weighted by Crippen LogP contribution is -2.32. The first-order chi connectivity index (χ1) is 6.47. The van der Waals surface area contributed by atoms with Gasteiger partial charge in [0.1, 0.15) is 0 Å². The molecule has 0 bridgehead atoms. The highest BCUT2D eigenvalue weighted by molar-refractivity contribution is 4.69. The van der Waals surface area contributed by atoms with Gasteiger partial charge in [-0.3, -0.25) is 4.90 Å². The molecule has 0 aliphatic heterocycles. The van der Waals surface area contributed by atoms with Crippen molar-refractivity contribution < 1.29 is 13.2 Å². The van der Waals surface area contributed by atoms with Gasteiger partial charge in [-0.15, -0.1) is 0 Å². The van der Waals surface area contributed by atoms with Gasteiger partial charge in [-0.2, -0.15) is 13.2 Å². The summed E-state index contributed by atoms with van der Waals surface area (Å²) in [4.78, 5) is 1.37. The van der Waals surface area contributed by atoms with E-state index < -0.39 is 12.7 Å². The van der Waals surface area contributed by atoms with E-state index in [-0.39, 0.29) is 0 Å². The van der Waals surface area contributed by atoms with Crippen LogP contribution in [0.25, 0.3) is 0 Å². The number of halogens is 3. The third-order valence-electron chi connectivity index (χ3n) is 2.84. The second-order valence-corrected chi connectivity index (χ2v) is 4.29. The van der Waals surface area contributed by atoms with E-state index in [0.717, 1.165) is 6.42 Å². The quantitative estimate of drug-likeness (QED) is 0.687. The summed E-state index contributed by atoms with van der Waals surface area (Å²) in [5, 5.41) is 0. The molecule has 14 heavy (non-hydrogen) atoms. The molecule has 0 radical (unpaired) electrons. The molecule has 0 aromatic carbocycles. The Hall–Kier alpha value is -0.250. The Morgan fingerprint density at radius 3 is 2.29 bits per heavy atom. The Morgan fingerprint density at radius 1 is 1.21 bits per heavy atom. The molecule has 4 heteroatoms. The van der Waals surface area contributed by atoms with Gasteiger partial charge in [0.25, 0.3) is 0 Å². The first-order valence-electron chi connectivity index (χ1n) is 5.22. The fourth-order valence-corrected chi connectivity index (χ4v) is 2.09. The normalized spacial score (nSPS) is 19.5. The Bertz CT molecular complexity index is 161. The van der Waals surface area contributed by atoms with Crippen LogP contribution in [0.4, 0.5) is 13.2 Å². The molecule has 0 saturated heterocycles. The lowest BCUT2D eigenvalue weighted by Gasteiger charge is -2.20. The maximum absolute atomic E-state index is 12.0. The largest absolute Gasteiger partial charge is 0.401 e. The maximum Gasteiger partial charge on any atom is 0.401 e. The molecule has 1 aliphatic carbocycles. The summed E-state index contributed by atoms with van der Waals surface area (Å²) >= 11 is 0. The van der Waals surface area contributed by atoms with E-state index in [0.29, 0.717) is 12.5 Å². The van der Waals surface area contributed by atoms with Crippen LogP contribution in [0.2, 0.25) is 0 Å². The van der Waals surface area contributed by atoms with Crippen molar-refractivity contribution in [3.63, 3.8) is 0 Å². The van der Waals surface area contributed by atoms with Gasteiger partial charge in [0, 0.05) is 0 Å². The van der Waals surface area contributed by atoms with Gasteiger partial charge in [-0.05, 0) is 25.9 Å². The summed E-state index contributed by atoms with van der Waals surface area (Å²) in [6, 6.07) is 0. The predicted octanol–water partition coefficient (Wildman–Crippen LogP) is 3.06. The van der Waals surface area contributed by atoms with Crippen molar-refractivity contribution in [2.75, 3.05) is 20.1 Å². The van der Waals surface area contributed by atoms with Crippen LogP contribution in [0, 0.1) is 5.92 Å². The lowest BCUT2D eigenvalue weighted by atomic mass is 10.0. The van der Waals surface area contributed by atoms with Crippen LogP contribution in [0.5, 0.6) is 0 Å². The zero-order valence-electron chi connectivity index (χ0n) is 8.61. The van der Waals surface area contributed by atoms with Crippen molar-refractivity contribution in [2.24, 2.45) is 5.92 Å². The molecule has 1 nitrogen and oxygen atoms in total. The highest BCUT2D eigenvalue weighted by Gasteiger charge is 2.29. The average Bonchev–Trinajstić information content (AvgIpc) is 2.49. The molecule has 0 atom stereocenters. The Labute approximate surface area is 83.3 Å². The molecular formula is C10H18F3N. The van der Waals surface area contributed by atoms with Gasteiger partial charge < -0.3 is 0 Å². The minimum atomic E-state index is -4.05. The topological polar surface area (TPSA) is 3.24 Å². The molecule has 0 amide bonds. The smallest absolute Gasteiger partial charge is 0.298 e. The zero-order valence-corrected chi connectivity index (χ0v) is 8.61. The maximum atomic E-state index is 12.0. The molecule has 0 spiro atoms. The molecular weight excluding hydrogens is 191 g/mol. The SMILES string of the molecule is CN(CCC1CCCC1)CC(F)(F)F. The van der Waals surface area contributed by atoms with Crippen molar-refractivity contribution in [3.05, 3.63) is 0 Å². The number of nitrogens with zero attached hydrogens (tertiary/aromatic N) is 1. The number of alkyl halides is 3. The van der Waals surface area contributed by atoms with E-state index in [9.17, 15) is 13.2 Å². The van der Waals surface area contributed by atoms with E-state index >= 15 is 0 Å². The van der Waals surface area contributed by atoms with Crippen LogP contribution in [-0.2, 0) is 0 Å². The van der Waals surface area contributed by atoms with Gasteiger partial charge in [0.2, 0.25) is 0 Å². The number of hydrogen-bond donors (Lipinski definition) is 0. The van der Waals surface area contributed by atoms with E-state index in [4.69, 9.17) is 0 Å². The van der Waals surface area contributed by atoms with E-state index in [2.05, 4.69) is 0 Å². The van der Waals surface area contributed by atoms with Gasteiger partial charge in [-0.1, -0.05) is 25.7 Å². The van der Waals surface area contributed by atoms with Crippen molar-refractivity contribution >= 4 is 0 Å². The van der Waals surface area contributed by atoms with Gasteiger partial charge in [-0.25, -0.2) is 0 Å². The minimum Gasteiger partial charge on any atom is -0.298 e. The fourth-order valence-electron chi connectivity index (χ4n) is 2.09. The summed E-state index contributed by atoms with van der Waals surface area (Å²) in [7, 11) is 1.54. The van der Waals surface area contributed by atoms with E-state index in [1.54, 1.807) is 7.05 Å². The van der Waals surface area contributed by atoms with Gasteiger partial charge in [0.15, 0.2) is 0 Å². The third-order valence-corrected chi connectivity index (χ3v) is 2.84. The molecule has 0 heterocycles. The summed E-state index contributed by atoms with van der Waals surface area (Å²) in [6.07, 6.45) is 1.80. The van der Waals surface area contributed by atoms with Gasteiger partial charge >= 0.3 is 6.18 Å². The molecule has 0 aromatic rings. The second kappa shape index (κ2) is 5.01. The molecule has 0 N–H and O–H groups in total. The predicted molar refractivity (Wildman–Crippen MR) is 50.1 cm³/mol. The second-order valence-electron chi connectivity index (χ2n) is 4.29. The minimum absolute atomic E-state index is 0.574. The van der Waals surface area contributed by atoms with Crippen LogP contribution in [0.1, 0.15) is 32.1 Å². The highest BCUT2D eigenvalue weighted by atomic mass is 19.4. The zero-order chi connectivity index (χ0) is 10.6. The molecule has 1 rings (SSSR count). The summed E-state index contributed by atoms with van der Waals surface area (Å²) in [5.41, 5.74) is 0. The van der Waals surface area contributed by atoms with Crippen LogP contribution in [0.3, 0.4) is 0 Å². The first-order valence-corrected chi connectivity index (χ1v) is 5.22. The summed E-state index contributed by atoms with van der Waals surface area (Å²) in [6.45, 7) is -0.204. The molecule has 84 valence electrons. The van der Waals surface area contributed by atoms with Gasteiger partial charge in [0.05, 0.1) is 6.54 Å². The van der Waals surface area contributed by atoms with Crippen molar-refractivity contribution in [2.45, 2.75) is 38.3 Å². The lowest BCUT2D eigenvalue weighted by molar-refractivity contribution is -0.143. The summed E-state index contributed by atoms with van der Waals surface area (Å²) < 4.78 is 35.9. The highest BCUT2D eigenvalue weighted by Crippen LogP contribution is 2.27. The summed E-state index contributed by atoms with van der Waals surface area (Å²) in [5.74, 6) is 0.672. The number of rotatable bonds is 4. The molecule has 1 saturated carbocycles. The van der Waals surface area contributed by atoms with Crippen LogP contribution in [0.15, 0.2) is 0 Å². The van der Waals surface area contributed by atoms with Crippen molar-refractivity contribution in [1.82, 2.24) is 4.90 Å². The van der Waals surface area contributed by atoms with E-state index in [1.165, 1.54) is 30.6 Å². The number of hydrogen-bond acceptors (Lipinski definition) is 1. The van der Waals surface area contributed by atoms with Crippen molar-refractivity contribution in [3.8, 4) is 0 Å². The Morgan fingerprint density at radius 2 is 1.79 bits per heavy atom. The Balaban J connectivity index is 2.11. The molecule has 1 fully saturated rings. The fraction of sp³-hybridized carbons (Fsp3) is 1.00. The first kappa shape index (κ1) is 11.8. The van der Waals surface area contributed by atoms with Crippen molar-refractivity contribution in [1.29, 1.82) is 0 Å². The average molecular weight is 209 g/mol. The monoisotopic (exact) mass is 209 g/mol. The molecule has 1 aliphatic rings. The van der Waals surface area contributed by atoms with Crippen LogP contribution in [-0.4, -0.2) is 31.2 Å². The molecule has 0 aromatic heterocycles. The van der Waals surface area contributed by atoms with Crippen LogP contribution >= 0.6 is 0 Å². The van der Waals surface area contributed by atoms with E-state index in [1.807, 2.05) is 0 Å². The molecule has 0 unspecified atom stereocenters. The van der Waals surface area contributed by atoms with Crippen LogP contribution < -0.4 is 0 Å². The standard InChI is InChI=1S/C10H18F3N/c1-14(8-10(11,12)13)7-6-9-4-2-3-5-9/h9H,2-8H2,1H3. The third kappa shape index (κ3) is 4.84. The Kier molecular flexibility index (Phi) is 4.23.